The summed E-state index contributed by atoms with van der Waals surface area (Å²) in [5.41, 5.74) is 2.42. The van der Waals surface area contributed by atoms with Crippen LogP contribution in [0.5, 0.6) is 5.75 Å². The van der Waals surface area contributed by atoms with Gasteiger partial charge in [0.2, 0.25) is 0 Å². The van der Waals surface area contributed by atoms with Crippen LogP contribution in [0.15, 0.2) is 24.3 Å². The molecule has 3 heteroatoms. The van der Waals surface area contributed by atoms with Gasteiger partial charge in [-0.2, -0.15) is 0 Å². The highest BCUT2D eigenvalue weighted by Gasteiger charge is 2.11. The number of hydrogen-bond acceptors (Lipinski definition) is 2. The van der Waals surface area contributed by atoms with Crippen LogP contribution in [0.3, 0.4) is 0 Å². The van der Waals surface area contributed by atoms with Gasteiger partial charge in [-0.05, 0) is 36.4 Å². The van der Waals surface area contributed by atoms with Gasteiger partial charge in [0.15, 0.2) is 0 Å². The second-order valence-electron chi connectivity index (χ2n) is 6.17. The zero-order valence-electron chi connectivity index (χ0n) is 13.0. The third kappa shape index (κ3) is 3.79. The Bertz CT molecular complexity index is 568. The molecule has 114 valence electrons. The Morgan fingerprint density at radius 2 is 1.86 bits per heavy atom. The minimum atomic E-state index is 0.686. The van der Waals surface area contributed by atoms with Crippen LogP contribution in [0.4, 0.5) is 0 Å². The third-order valence-electron chi connectivity index (χ3n) is 4.57. The second-order valence-corrected chi connectivity index (χ2v) is 6.17. The summed E-state index contributed by atoms with van der Waals surface area (Å²) in [6, 6.07) is 9.12. The van der Waals surface area contributed by atoms with Crippen molar-refractivity contribution in [3.8, 4) is 5.75 Å². The van der Waals surface area contributed by atoms with Gasteiger partial charge in [0.1, 0.15) is 5.75 Å². The van der Waals surface area contributed by atoms with Gasteiger partial charge in [-0.3, -0.25) is 0 Å². The number of aromatic amines is 1. The van der Waals surface area contributed by atoms with E-state index < -0.39 is 0 Å². The van der Waals surface area contributed by atoms with E-state index >= 15 is 0 Å². The van der Waals surface area contributed by atoms with E-state index in [0.717, 1.165) is 17.8 Å². The van der Waals surface area contributed by atoms with E-state index in [1.54, 1.807) is 7.11 Å². The van der Waals surface area contributed by atoms with E-state index in [4.69, 9.17) is 4.74 Å². The fourth-order valence-corrected chi connectivity index (χ4v) is 3.30. The molecule has 1 aromatic carbocycles. The van der Waals surface area contributed by atoms with E-state index in [9.17, 15) is 0 Å². The Labute approximate surface area is 127 Å². The molecule has 3 rings (SSSR count). The number of H-pyrrole nitrogens is 1. The number of fused-ring (bicyclic) bond motifs is 1. The summed E-state index contributed by atoms with van der Waals surface area (Å²) in [4.78, 5) is 3.50. The summed E-state index contributed by atoms with van der Waals surface area (Å²) in [5.74, 6) is 0.906. The molecular weight excluding hydrogens is 260 g/mol. The Morgan fingerprint density at radius 1 is 1.10 bits per heavy atom. The average molecular weight is 286 g/mol. The van der Waals surface area contributed by atoms with E-state index in [-0.39, 0.29) is 0 Å². The largest absolute Gasteiger partial charge is 0.497 e. The van der Waals surface area contributed by atoms with Gasteiger partial charge < -0.3 is 15.0 Å². The van der Waals surface area contributed by atoms with Gasteiger partial charge in [-0.25, -0.2) is 0 Å². The molecule has 0 unspecified atom stereocenters. The zero-order chi connectivity index (χ0) is 14.5. The minimum Gasteiger partial charge on any atom is -0.497 e. The molecular formula is C18H26N2O. The molecule has 0 aliphatic heterocycles. The summed E-state index contributed by atoms with van der Waals surface area (Å²) >= 11 is 0. The quantitative estimate of drug-likeness (QED) is 0.875. The van der Waals surface area contributed by atoms with Crippen LogP contribution in [-0.4, -0.2) is 18.1 Å². The van der Waals surface area contributed by atoms with Crippen molar-refractivity contribution < 1.29 is 4.74 Å². The molecule has 1 saturated carbocycles. The summed E-state index contributed by atoms with van der Waals surface area (Å²) in [6.45, 7) is 0.932. The van der Waals surface area contributed by atoms with Gasteiger partial charge in [0.25, 0.3) is 0 Å². The molecule has 2 aromatic rings. The fraction of sp³-hybridized carbons (Fsp3) is 0.556. The molecule has 1 fully saturated rings. The number of hydrogen-bond donors (Lipinski definition) is 2. The van der Waals surface area contributed by atoms with E-state index in [0.29, 0.717) is 6.04 Å². The third-order valence-corrected chi connectivity index (χ3v) is 4.57. The van der Waals surface area contributed by atoms with Crippen LogP contribution in [-0.2, 0) is 6.54 Å². The monoisotopic (exact) mass is 286 g/mol. The van der Waals surface area contributed by atoms with Crippen molar-refractivity contribution in [2.24, 2.45) is 0 Å². The molecule has 0 radical (unpaired) electrons. The lowest BCUT2D eigenvalue weighted by Gasteiger charge is -2.20. The first-order chi connectivity index (χ1) is 10.3. The van der Waals surface area contributed by atoms with Crippen molar-refractivity contribution in [1.82, 2.24) is 10.3 Å². The highest BCUT2D eigenvalue weighted by Crippen LogP contribution is 2.22. The number of nitrogens with one attached hydrogen (secondary N) is 2. The predicted molar refractivity (Wildman–Crippen MR) is 87.8 cm³/mol. The lowest BCUT2D eigenvalue weighted by Crippen LogP contribution is -2.29. The summed E-state index contributed by atoms with van der Waals surface area (Å²) in [5, 5.41) is 4.99. The number of ether oxygens (including phenoxy) is 1. The van der Waals surface area contributed by atoms with Crippen molar-refractivity contribution in [2.45, 2.75) is 57.5 Å². The summed E-state index contributed by atoms with van der Waals surface area (Å²) in [7, 11) is 1.71. The SMILES string of the molecule is COc1ccc2cc(CNC3CCCCCCC3)[nH]c2c1. The zero-order valence-corrected chi connectivity index (χ0v) is 13.0. The van der Waals surface area contributed by atoms with Crippen molar-refractivity contribution in [3.63, 3.8) is 0 Å². The summed E-state index contributed by atoms with van der Waals surface area (Å²) < 4.78 is 5.28. The Morgan fingerprint density at radius 3 is 2.62 bits per heavy atom. The molecule has 2 N–H and O–H groups in total. The molecule has 1 aliphatic carbocycles. The first kappa shape index (κ1) is 14.5. The van der Waals surface area contributed by atoms with Crippen molar-refractivity contribution in [3.05, 3.63) is 30.0 Å². The Balaban J connectivity index is 1.61. The lowest BCUT2D eigenvalue weighted by atomic mass is 9.97. The Hall–Kier alpha value is -1.48. The molecule has 0 bridgehead atoms. The van der Waals surface area contributed by atoms with Gasteiger partial charge in [-0.15, -0.1) is 0 Å². The van der Waals surface area contributed by atoms with Gasteiger partial charge in [0, 0.05) is 29.9 Å². The smallest absolute Gasteiger partial charge is 0.120 e. The maximum absolute atomic E-state index is 5.28. The van der Waals surface area contributed by atoms with Crippen LogP contribution in [0, 0.1) is 0 Å². The lowest BCUT2D eigenvalue weighted by molar-refractivity contribution is 0.388. The van der Waals surface area contributed by atoms with E-state index in [1.165, 1.54) is 56.0 Å². The van der Waals surface area contributed by atoms with Crippen molar-refractivity contribution >= 4 is 10.9 Å². The molecule has 0 amide bonds. The standard InChI is InChI=1S/C18H26N2O/c1-21-17-10-9-14-11-16(20-18(14)12-17)13-19-15-7-5-3-2-4-6-8-15/h9-12,15,19-20H,2-8,13H2,1H3. The van der Waals surface area contributed by atoms with Gasteiger partial charge in [0.05, 0.1) is 7.11 Å². The highest BCUT2D eigenvalue weighted by molar-refractivity contribution is 5.81. The molecule has 3 nitrogen and oxygen atoms in total. The topological polar surface area (TPSA) is 37.0 Å². The number of benzene rings is 1. The number of rotatable bonds is 4. The maximum atomic E-state index is 5.28. The van der Waals surface area contributed by atoms with Gasteiger partial charge >= 0.3 is 0 Å². The minimum absolute atomic E-state index is 0.686. The van der Waals surface area contributed by atoms with Crippen molar-refractivity contribution in [2.75, 3.05) is 7.11 Å². The number of aromatic nitrogens is 1. The molecule has 1 aliphatic rings. The predicted octanol–water partition coefficient (Wildman–Crippen LogP) is 4.38. The van der Waals surface area contributed by atoms with Crippen LogP contribution < -0.4 is 10.1 Å². The fourth-order valence-electron chi connectivity index (χ4n) is 3.30. The molecule has 1 heterocycles. The molecule has 0 saturated heterocycles. The highest BCUT2D eigenvalue weighted by atomic mass is 16.5. The average Bonchev–Trinajstić information content (AvgIpc) is 2.87. The first-order valence-electron chi connectivity index (χ1n) is 8.24. The first-order valence-corrected chi connectivity index (χ1v) is 8.24. The molecule has 1 aromatic heterocycles. The van der Waals surface area contributed by atoms with Crippen molar-refractivity contribution in [1.29, 1.82) is 0 Å². The maximum Gasteiger partial charge on any atom is 0.120 e. The Kier molecular flexibility index (Phi) is 4.81. The van der Waals surface area contributed by atoms with Crippen LogP contribution in [0.25, 0.3) is 10.9 Å². The second kappa shape index (κ2) is 6.99. The van der Waals surface area contributed by atoms with Gasteiger partial charge in [-0.1, -0.05) is 32.1 Å². The van der Waals surface area contributed by atoms with Crippen LogP contribution in [0.2, 0.25) is 0 Å². The normalized spacial score (nSPS) is 17.6. The van der Waals surface area contributed by atoms with E-state index in [1.807, 2.05) is 6.07 Å². The van der Waals surface area contributed by atoms with E-state index in [2.05, 4.69) is 28.5 Å². The molecule has 21 heavy (non-hydrogen) atoms. The van der Waals surface area contributed by atoms with Crippen LogP contribution >= 0.6 is 0 Å². The van der Waals surface area contributed by atoms with Crippen LogP contribution in [0.1, 0.15) is 50.6 Å². The molecule has 0 spiro atoms. The molecule has 0 atom stereocenters. The number of methoxy groups -OCH3 is 1. The summed E-state index contributed by atoms with van der Waals surface area (Å²) in [6.07, 6.45) is 9.65.